The van der Waals surface area contributed by atoms with Crippen molar-refractivity contribution in [3.05, 3.63) is 178 Å². The van der Waals surface area contributed by atoms with Crippen LogP contribution in [0.2, 0.25) is 0 Å². The monoisotopic (exact) mass is 897 g/mol. The second-order valence-electron chi connectivity index (χ2n) is 25.8. The summed E-state index contributed by atoms with van der Waals surface area (Å²) in [6.45, 7) is 42.2. The van der Waals surface area contributed by atoms with Gasteiger partial charge < -0.3 is 9.80 Å². The van der Waals surface area contributed by atoms with Gasteiger partial charge in [0.25, 0.3) is 6.71 Å². The molecule has 2 atom stereocenters. The van der Waals surface area contributed by atoms with Crippen LogP contribution < -0.4 is 26.2 Å². The van der Waals surface area contributed by atoms with Gasteiger partial charge in [-0.25, -0.2) is 0 Å². The minimum Gasteiger partial charge on any atom is -0.315 e. The second kappa shape index (κ2) is 16.3. The van der Waals surface area contributed by atoms with Crippen LogP contribution in [0.25, 0.3) is 11.1 Å². The molecule has 9 rings (SSSR count). The number of fused-ring (bicyclic) bond motifs is 4. The molecule has 1 aliphatic carbocycles. The van der Waals surface area contributed by atoms with Gasteiger partial charge in [-0.2, -0.15) is 0 Å². The number of aryl methyl sites for hydroxylation is 1. The first-order chi connectivity index (χ1) is 31.6. The number of hydrogen-bond donors (Lipinski definition) is 0. The Kier molecular flexibility index (Phi) is 11.4. The molecule has 2 aliphatic heterocycles. The number of rotatable bonds is 4. The Labute approximate surface area is 411 Å². The predicted molar refractivity (Wildman–Crippen MR) is 298 cm³/mol. The zero-order valence-corrected chi connectivity index (χ0v) is 44.8. The summed E-state index contributed by atoms with van der Waals surface area (Å²) in [6, 6.07) is 46.0. The summed E-state index contributed by atoms with van der Waals surface area (Å²) < 4.78 is 0. The van der Waals surface area contributed by atoms with Crippen LogP contribution >= 0.6 is 0 Å². The van der Waals surface area contributed by atoms with Crippen molar-refractivity contribution in [1.29, 1.82) is 0 Å². The van der Waals surface area contributed by atoms with Crippen LogP contribution in [0.5, 0.6) is 0 Å². The summed E-state index contributed by atoms with van der Waals surface area (Å²) in [7, 11) is 0. The molecule has 0 aromatic heterocycles. The lowest BCUT2D eigenvalue weighted by Crippen LogP contribution is -2.62. The molecular weight excluding hydrogens is 820 g/mol. The first-order valence-corrected chi connectivity index (χ1v) is 25.4. The lowest BCUT2D eigenvalue weighted by Gasteiger charge is -2.49. The van der Waals surface area contributed by atoms with Gasteiger partial charge >= 0.3 is 0 Å². The molecule has 2 nitrogen and oxygen atoms in total. The molecule has 0 saturated carbocycles. The highest BCUT2D eigenvalue weighted by atomic mass is 15.2. The maximum atomic E-state index is 2.70. The van der Waals surface area contributed by atoms with E-state index in [1.165, 1.54) is 106 Å². The number of nitrogens with zero attached hydrogens (tertiary/aromatic N) is 2. The SMILES string of the molecule is CC1=CC=C(N2c3ccc(C(C)(C)C)cc3B3c4cc(C(C)(C)C)ccc4N(c4ccc(C)cc4-c4ccc(C(C)(C)C)cc4)c4c(C(C)(C)C)ccc2c43)C(c2ccc(C(C)(C)C)cc2)C1C. The van der Waals surface area contributed by atoms with Crippen molar-refractivity contribution in [2.24, 2.45) is 5.92 Å². The van der Waals surface area contributed by atoms with E-state index >= 15 is 0 Å². The van der Waals surface area contributed by atoms with Crippen molar-refractivity contribution in [3.63, 3.8) is 0 Å². The fourth-order valence-corrected chi connectivity index (χ4v) is 11.2. The minimum absolute atomic E-state index is 0.00720. The molecule has 3 heteroatoms. The summed E-state index contributed by atoms with van der Waals surface area (Å²) in [6.07, 6.45) is 4.85. The zero-order chi connectivity index (χ0) is 49.2. The summed E-state index contributed by atoms with van der Waals surface area (Å²) in [5, 5.41) is 0. The van der Waals surface area contributed by atoms with E-state index in [4.69, 9.17) is 0 Å². The van der Waals surface area contributed by atoms with E-state index in [1.54, 1.807) is 0 Å². The van der Waals surface area contributed by atoms with Crippen LogP contribution in [0.3, 0.4) is 0 Å². The molecule has 2 heterocycles. The third kappa shape index (κ3) is 8.20. The van der Waals surface area contributed by atoms with Crippen molar-refractivity contribution in [2.45, 2.75) is 158 Å². The lowest BCUT2D eigenvalue weighted by atomic mass is 9.32. The third-order valence-corrected chi connectivity index (χ3v) is 15.5. The van der Waals surface area contributed by atoms with Crippen molar-refractivity contribution < 1.29 is 0 Å². The summed E-state index contributed by atoms with van der Waals surface area (Å²) in [5.41, 5.74) is 25.0. The molecule has 0 spiro atoms. The van der Waals surface area contributed by atoms with Gasteiger partial charge in [-0.05, 0) is 139 Å². The van der Waals surface area contributed by atoms with Crippen molar-refractivity contribution in [3.8, 4) is 11.1 Å². The number of hydrogen-bond acceptors (Lipinski definition) is 2. The topological polar surface area (TPSA) is 6.48 Å². The van der Waals surface area contributed by atoms with E-state index in [0.717, 1.165) is 0 Å². The molecule has 0 saturated heterocycles. The molecule has 2 unspecified atom stereocenters. The highest BCUT2D eigenvalue weighted by molar-refractivity contribution is 7.00. The molecule has 350 valence electrons. The average molecular weight is 897 g/mol. The zero-order valence-electron chi connectivity index (χ0n) is 44.8. The summed E-state index contributed by atoms with van der Waals surface area (Å²) in [4.78, 5) is 5.38. The lowest BCUT2D eigenvalue weighted by molar-refractivity contribution is 0.562. The second-order valence-corrected chi connectivity index (χ2v) is 25.8. The van der Waals surface area contributed by atoms with Crippen molar-refractivity contribution >= 4 is 51.5 Å². The molecular formula is C65H77BN2. The molecule has 68 heavy (non-hydrogen) atoms. The molecule has 0 bridgehead atoms. The highest BCUT2D eigenvalue weighted by Crippen LogP contribution is 2.52. The quantitative estimate of drug-likeness (QED) is 0.162. The molecule has 0 radical (unpaired) electrons. The van der Waals surface area contributed by atoms with E-state index < -0.39 is 0 Å². The van der Waals surface area contributed by atoms with Crippen LogP contribution in [0.15, 0.2) is 139 Å². The van der Waals surface area contributed by atoms with Gasteiger partial charge in [-0.15, -0.1) is 0 Å². The van der Waals surface area contributed by atoms with E-state index in [2.05, 4.69) is 262 Å². The first kappa shape index (κ1) is 47.5. The Bertz CT molecular complexity index is 3000. The molecule has 3 aliphatic rings. The molecule has 0 fully saturated rings. The number of allylic oxidation sites excluding steroid dienone is 4. The van der Waals surface area contributed by atoms with Crippen LogP contribution in [0.4, 0.5) is 28.4 Å². The fraction of sp³-hybridized carbons (Fsp3) is 0.385. The normalized spacial score (nSPS) is 17.4. The molecule has 0 amide bonds. The largest absolute Gasteiger partial charge is 0.315 e. The van der Waals surface area contributed by atoms with Gasteiger partial charge in [0.2, 0.25) is 0 Å². The first-order valence-electron chi connectivity index (χ1n) is 25.4. The van der Waals surface area contributed by atoms with Gasteiger partial charge in [0.05, 0.1) is 5.69 Å². The van der Waals surface area contributed by atoms with E-state index in [-0.39, 0.29) is 39.7 Å². The summed E-state index contributed by atoms with van der Waals surface area (Å²) in [5.74, 6) is 0.458. The van der Waals surface area contributed by atoms with Gasteiger partial charge in [0.1, 0.15) is 0 Å². The van der Waals surface area contributed by atoms with Gasteiger partial charge in [-0.1, -0.05) is 213 Å². The van der Waals surface area contributed by atoms with E-state index in [9.17, 15) is 0 Å². The summed E-state index contributed by atoms with van der Waals surface area (Å²) >= 11 is 0. The maximum Gasteiger partial charge on any atom is 0.252 e. The van der Waals surface area contributed by atoms with Crippen LogP contribution in [0.1, 0.15) is 163 Å². The molecule has 6 aromatic carbocycles. The maximum absolute atomic E-state index is 2.70. The fourth-order valence-electron chi connectivity index (χ4n) is 11.2. The third-order valence-electron chi connectivity index (χ3n) is 15.5. The van der Waals surface area contributed by atoms with Crippen LogP contribution in [0, 0.1) is 12.8 Å². The Morgan fingerprint density at radius 3 is 1.43 bits per heavy atom. The average Bonchev–Trinajstić information content (AvgIpc) is 3.25. The standard InChI is InChI=1S/C65H77BN2/c1-40-19-32-53(49(37-40)43-21-25-45(26-22-43)61(4,5)6)68-55-35-30-48(64(13,14)15)39-52(55)66-51-38-47(63(10,11)12)29-34-54(51)67(57-36-31-50(65(16,17)18)60(68)59(57)66)56-33-20-41(2)42(3)58(56)44-23-27-46(28-24-44)62(7,8)9/h19-39,42,58H,1-18H3. The van der Waals surface area contributed by atoms with Gasteiger partial charge in [0, 0.05) is 39.9 Å². The Balaban J connectivity index is 1.41. The minimum atomic E-state index is -0.163. The predicted octanol–water partition coefficient (Wildman–Crippen LogP) is 16.2. The number of anilines is 5. The molecule has 6 aromatic rings. The van der Waals surface area contributed by atoms with Crippen molar-refractivity contribution in [2.75, 3.05) is 9.80 Å². The van der Waals surface area contributed by atoms with Gasteiger partial charge in [0.15, 0.2) is 0 Å². The highest BCUT2D eigenvalue weighted by Gasteiger charge is 2.48. The van der Waals surface area contributed by atoms with Gasteiger partial charge in [-0.3, -0.25) is 0 Å². The van der Waals surface area contributed by atoms with Crippen LogP contribution in [-0.2, 0) is 27.1 Å². The molecule has 0 N–H and O–H groups in total. The van der Waals surface area contributed by atoms with Crippen LogP contribution in [-0.4, -0.2) is 6.71 Å². The Hall–Kier alpha value is -5.54. The smallest absolute Gasteiger partial charge is 0.252 e. The van der Waals surface area contributed by atoms with E-state index in [1.807, 2.05) is 0 Å². The van der Waals surface area contributed by atoms with Crippen molar-refractivity contribution in [1.82, 2.24) is 0 Å². The number of benzene rings is 6. The Morgan fingerprint density at radius 2 is 0.912 bits per heavy atom. The Morgan fingerprint density at radius 1 is 0.441 bits per heavy atom. The van der Waals surface area contributed by atoms with E-state index in [0.29, 0.717) is 5.92 Å².